The van der Waals surface area contributed by atoms with Crippen LogP contribution in [0.15, 0.2) is 29.6 Å². The van der Waals surface area contributed by atoms with Crippen LogP contribution in [0.1, 0.15) is 44.1 Å². The lowest BCUT2D eigenvalue weighted by Gasteiger charge is -2.40. The van der Waals surface area contributed by atoms with Crippen LogP contribution in [0.5, 0.6) is 0 Å². The summed E-state index contributed by atoms with van der Waals surface area (Å²) in [6.45, 7) is 3.89. The molecule has 1 amide bonds. The molecule has 1 N–H and O–H groups in total. The molecule has 29 heavy (non-hydrogen) atoms. The van der Waals surface area contributed by atoms with Gasteiger partial charge in [-0.1, -0.05) is 24.6 Å². The normalized spacial score (nSPS) is 20.1. The van der Waals surface area contributed by atoms with E-state index in [-0.39, 0.29) is 12.3 Å². The largest absolute Gasteiger partial charge is 0.481 e. The van der Waals surface area contributed by atoms with Crippen molar-refractivity contribution in [1.82, 2.24) is 9.80 Å². The summed E-state index contributed by atoms with van der Waals surface area (Å²) in [4.78, 5) is 29.2. The van der Waals surface area contributed by atoms with E-state index in [9.17, 15) is 14.7 Å². The highest BCUT2D eigenvalue weighted by atomic mass is 32.1. The summed E-state index contributed by atoms with van der Waals surface area (Å²) in [6.07, 6.45) is 6.44. The zero-order chi connectivity index (χ0) is 20.2. The molecule has 1 aromatic heterocycles. The number of fused-ring (bicyclic) bond motifs is 1. The fourth-order valence-corrected chi connectivity index (χ4v) is 5.78. The second-order valence-electron chi connectivity index (χ2n) is 8.41. The molecule has 0 bridgehead atoms. The minimum atomic E-state index is -0.878. The lowest BCUT2D eigenvalue weighted by molar-refractivity contribution is -0.146. The molecule has 4 rings (SSSR count). The molecule has 2 aliphatic rings. The maximum absolute atomic E-state index is 12.8. The number of nitrogens with zero attached hydrogens (tertiary/aromatic N) is 2. The van der Waals surface area contributed by atoms with Crippen LogP contribution < -0.4 is 0 Å². The van der Waals surface area contributed by atoms with Crippen LogP contribution in [0.3, 0.4) is 0 Å². The summed E-state index contributed by atoms with van der Waals surface area (Å²) >= 11 is 1.64. The number of hydrogen-bond donors (Lipinski definition) is 1. The minimum absolute atomic E-state index is 0.00553. The standard InChI is InChI=1S/C23H30N2O3S/c26-22(25-12-8-19(9-13-25)24-10-4-1-5-11-24)15-17(23(27)28)14-18-16-29-21-7-3-2-6-20(18)21/h2-3,6-7,16-17,19H,1,4-5,8-15H2,(H,27,28)/t17-/m0/s1. The molecule has 0 aliphatic carbocycles. The van der Waals surface area contributed by atoms with E-state index in [2.05, 4.69) is 11.0 Å². The lowest BCUT2D eigenvalue weighted by atomic mass is 9.94. The maximum atomic E-state index is 12.8. The van der Waals surface area contributed by atoms with Gasteiger partial charge in [-0.15, -0.1) is 11.3 Å². The van der Waals surface area contributed by atoms with Gasteiger partial charge < -0.3 is 14.9 Å². The number of rotatable bonds is 6. The first-order valence-corrected chi connectivity index (χ1v) is 11.7. The number of benzene rings is 1. The van der Waals surface area contributed by atoms with Crippen LogP contribution in [0.2, 0.25) is 0 Å². The first-order valence-electron chi connectivity index (χ1n) is 10.8. The SMILES string of the molecule is O=C(O)[C@H](CC(=O)N1CCC(N2CCCCC2)CC1)Cc1csc2ccccc12. The number of carboxylic acid groups (broad SMARTS) is 1. The molecular formula is C23H30N2O3S. The molecule has 0 saturated carbocycles. The molecule has 3 heterocycles. The quantitative estimate of drug-likeness (QED) is 0.776. The van der Waals surface area contributed by atoms with E-state index in [1.807, 2.05) is 28.5 Å². The highest BCUT2D eigenvalue weighted by Gasteiger charge is 2.30. The Morgan fingerprint density at radius 3 is 2.52 bits per heavy atom. The minimum Gasteiger partial charge on any atom is -0.481 e. The fourth-order valence-electron chi connectivity index (χ4n) is 4.81. The van der Waals surface area contributed by atoms with E-state index >= 15 is 0 Å². The van der Waals surface area contributed by atoms with Crippen LogP contribution in [0.4, 0.5) is 0 Å². The van der Waals surface area contributed by atoms with Crippen LogP contribution in [-0.4, -0.2) is 59.0 Å². The van der Waals surface area contributed by atoms with Crippen molar-refractivity contribution in [2.45, 2.75) is 51.0 Å². The molecule has 0 spiro atoms. The van der Waals surface area contributed by atoms with Gasteiger partial charge in [-0.3, -0.25) is 9.59 Å². The third-order valence-corrected chi connectivity index (χ3v) is 7.53. The van der Waals surface area contributed by atoms with Gasteiger partial charge in [0, 0.05) is 30.3 Å². The Hall–Kier alpha value is -1.92. The van der Waals surface area contributed by atoms with Gasteiger partial charge in [0.15, 0.2) is 0 Å². The Bertz CT molecular complexity index is 851. The van der Waals surface area contributed by atoms with Crippen molar-refractivity contribution >= 4 is 33.3 Å². The highest BCUT2D eigenvalue weighted by Crippen LogP contribution is 2.29. The van der Waals surface area contributed by atoms with Gasteiger partial charge in [-0.2, -0.15) is 0 Å². The number of likely N-dealkylation sites (tertiary alicyclic amines) is 2. The van der Waals surface area contributed by atoms with Crippen molar-refractivity contribution in [2.75, 3.05) is 26.2 Å². The average Bonchev–Trinajstić information content (AvgIpc) is 3.17. The fraction of sp³-hybridized carbons (Fsp3) is 0.565. The highest BCUT2D eigenvalue weighted by molar-refractivity contribution is 7.17. The maximum Gasteiger partial charge on any atom is 0.307 e. The molecule has 5 nitrogen and oxygen atoms in total. The zero-order valence-electron chi connectivity index (χ0n) is 16.9. The monoisotopic (exact) mass is 414 g/mol. The first kappa shape index (κ1) is 20.4. The molecule has 0 unspecified atom stereocenters. The van der Waals surface area contributed by atoms with Crippen molar-refractivity contribution in [2.24, 2.45) is 5.92 Å². The van der Waals surface area contributed by atoms with E-state index in [1.165, 1.54) is 32.4 Å². The molecule has 156 valence electrons. The van der Waals surface area contributed by atoms with Gasteiger partial charge in [0.05, 0.1) is 5.92 Å². The van der Waals surface area contributed by atoms with Gasteiger partial charge >= 0.3 is 5.97 Å². The van der Waals surface area contributed by atoms with Crippen LogP contribution >= 0.6 is 11.3 Å². The Morgan fingerprint density at radius 2 is 1.79 bits per heavy atom. The third kappa shape index (κ3) is 4.81. The van der Waals surface area contributed by atoms with Crippen molar-refractivity contribution in [3.8, 4) is 0 Å². The number of carbonyl (C=O) groups excluding carboxylic acids is 1. The van der Waals surface area contributed by atoms with E-state index in [4.69, 9.17) is 0 Å². The van der Waals surface area contributed by atoms with Crippen LogP contribution in [0, 0.1) is 5.92 Å². The number of piperidine rings is 2. The Labute approximate surface area is 176 Å². The predicted octanol–water partition coefficient (Wildman–Crippen LogP) is 4.01. The number of aliphatic carboxylic acids is 1. The molecular weight excluding hydrogens is 384 g/mol. The molecule has 1 atom stereocenters. The van der Waals surface area contributed by atoms with Gasteiger partial charge in [-0.25, -0.2) is 0 Å². The Kier molecular flexibility index (Phi) is 6.50. The molecule has 6 heteroatoms. The number of thiophene rings is 1. The smallest absolute Gasteiger partial charge is 0.307 e. The third-order valence-electron chi connectivity index (χ3n) is 6.52. The van der Waals surface area contributed by atoms with Gasteiger partial charge in [-0.05, 0) is 67.6 Å². The van der Waals surface area contributed by atoms with E-state index in [0.29, 0.717) is 12.5 Å². The summed E-state index contributed by atoms with van der Waals surface area (Å²) in [5.74, 6) is -1.55. The van der Waals surface area contributed by atoms with Crippen LogP contribution in [0.25, 0.3) is 10.1 Å². The number of amides is 1. The number of hydrogen-bond acceptors (Lipinski definition) is 4. The second-order valence-corrected chi connectivity index (χ2v) is 9.32. The van der Waals surface area contributed by atoms with E-state index < -0.39 is 11.9 Å². The van der Waals surface area contributed by atoms with E-state index in [0.717, 1.165) is 41.6 Å². The number of carboxylic acids is 1. The summed E-state index contributed by atoms with van der Waals surface area (Å²) in [5.41, 5.74) is 1.04. The average molecular weight is 415 g/mol. The topological polar surface area (TPSA) is 60.9 Å². The number of carbonyl (C=O) groups is 2. The molecule has 0 radical (unpaired) electrons. The van der Waals surface area contributed by atoms with Crippen molar-refractivity contribution in [3.05, 3.63) is 35.2 Å². The Morgan fingerprint density at radius 1 is 1.07 bits per heavy atom. The Balaban J connectivity index is 1.34. The lowest BCUT2D eigenvalue weighted by Crippen LogP contribution is -2.48. The van der Waals surface area contributed by atoms with Gasteiger partial charge in [0.1, 0.15) is 0 Å². The van der Waals surface area contributed by atoms with Gasteiger partial charge in [0.2, 0.25) is 5.91 Å². The van der Waals surface area contributed by atoms with Crippen LogP contribution in [-0.2, 0) is 16.0 Å². The molecule has 2 aliphatic heterocycles. The molecule has 1 aromatic carbocycles. The predicted molar refractivity (Wildman–Crippen MR) is 116 cm³/mol. The summed E-state index contributed by atoms with van der Waals surface area (Å²) in [7, 11) is 0. The van der Waals surface area contributed by atoms with Crippen molar-refractivity contribution in [3.63, 3.8) is 0 Å². The first-order chi connectivity index (χ1) is 14.1. The summed E-state index contributed by atoms with van der Waals surface area (Å²) in [5, 5.41) is 12.9. The molecule has 2 aromatic rings. The van der Waals surface area contributed by atoms with Crippen molar-refractivity contribution in [1.29, 1.82) is 0 Å². The van der Waals surface area contributed by atoms with E-state index in [1.54, 1.807) is 11.3 Å². The molecule has 2 saturated heterocycles. The second kappa shape index (κ2) is 9.26. The summed E-state index contributed by atoms with van der Waals surface area (Å²) in [6, 6.07) is 8.65. The van der Waals surface area contributed by atoms with Crippen molar-refractivity contribution < 1.29 is 14.7 Å². The zero-order valence-corrected chi connectivity index (χ0v) is 17.7. The molecule has 2 fully saturated rings. The van der Waals surface area contributed by atoms with Gasteiger partial charge in [0.25, 0.3) is 0 Å². The summed E-state index contributed by atoms with van der Waals surface area (Å²) < 4.78 is 1.16.